The van der Waals surface area contributed by atoms with E-state index in [0.29, 0.717) is 6.54 Å². The van der Waals surface area contributed by atoms with Crippen LogP contribution < -0.4 is 10.6 Å². The van der Waals surface area contributed by atoms with E-state index < -0.39 is 34.7 Å². The molecule has 4 N–H and O–H groups in total. The van der Waals surface area contributed by atoms with Crippen LogP contribution in [0, 0.1) is 6.92 Å². The second kappa shape index (κ2) is 11.8. The summed E-state index contributed by atoms with van der Waals surface area (Å²) in [5.74, 6) is -1.10. The molecule has 3 unspecified atom stereocenters. The smallest absolute Gasteiger partial charge is 0.254 e. The van der Waals surface area contributed by atoms with Gasteiger partial charge in [0, 0.05) is 17.5 Å². The van der Waals surface area contributed by atoms with Crippen LogP contribution >= 0.6 is 11.8 Å². The van der Waals surface area contributed by atoms with Gasteiger partial charge in [-0.1, -0.05) is 54.6 Å². The molecular weight excluding hydrogens is 502 g/mol. The van der Waals surface area contributed by atoms with Crippen molar-refractivity contribution >= 4 is 29.5 Å². The van der Waals surface area contributed by atoms with Gasteiger partial charge in [-0.15, -0.1) is 11.8 Å². The first-order valence-electron chi connectivity index (χ1n) is 12.5. The summed E-state index contributed by atoms with van der Waals surface area (Å²) in [7, 11) is 0. The number of aromatic amines is 1. The number of benzene rings is 2. The molecule has 0 aliphatic carbocycles. The Bertz CT molecular complexity index is 1270. The van der Waals surface area contributed by atoms with Gasteiger partial charge < -0.3 is 20.6 Å². The molecule has 0 spiro atoms. The average Bonchev–Trinajstić information content (AvgIpc) is 3.55. The van der Waals surface area contributed by atoms with E-state index in [4.69, 9.17) is 0 Å². The third-order valence-corrected chi connectivity index (χ3v) is 8.18. The quantitative estimate of drug-likeness (QED) is 0.333. The molecule has 1 aliphatic heterocycles. The molecular formula is C28H33N5O4S. The molecule has 0 radical (unpaired) electrons. The summed E-state index contributed by atoms with van der Waals surface area (Å²) in [6.45, 7) is 6.15. The number of aromatic nitrogens is 2. The Kier molecular flexibility index (Phi) is 8.53. The lowest BCUT2D eigenvalue weighted by Gasteiger charge is -2.33. The highest BCUT2D eigenvalue weighted by atomic mass is 32.2. The summed E-state index contributed by atoms with van der Waals surface area (Å²) in [6, 6.07) is 15.4. The third-order valence-electron chi connectivity index (χ3n) is 6.80. The molecule has 3 atom stereocenters. The minimum atomic E-state index is -1.56. The van der Waals surface area contributed by atoms with Crippen LogP contribution in [0.25, 0.3) is 0 Å². The first-order chi connectivity index (χ1) is 18.2. The van der Waals surface area contributed by atoms with Crippen LogP contribution in [0.4, 0.5) is 0 Å². The average molecular weight is 536 g/mol. The standard InChI is InChI=1S/C28H33N5O4S/c1-18-9-7-8-12-20(18)14-29-26(36)24-28(2,3)38-17-33(24)27(37)23(34)22(13-19-10-5-4-6-11-19)32-25(35)21-15-30-31-16-21/h4-12,15-16,22-24,34H,13-14,17H2,1-3H3,(H,29,36)(H,30,31)(H,32,35). The molecule has 3 amide bonds. The van der Waals surface area contributed by atoms with E-state index in [1.54, 1.807) is 0 Å². The summed E-state index contributed by atoms with van der Waals surface area (Å²) in [6.07, 6.45) is 1.48. The predicted molar refractivity (Wildman–Crippen MR) is 146 cm³/mol. The van der Waals surface area contributed by atoms with Gasteiger partial charge in [0.05, 0.1) is 23.7 Å². The maximum absolute atomic E-state index is 13.7. The third kappa shape index (κ3) is 6.25. The lowest BCUT2D eigenvalue weighted by atomic mass is 9.97. The number of hydrogen-bond acceptors (Lipinski definition) is 6. The fraction of sp³-hybridized carbons (Fsp3) is 0.357. The first-order valence-corrected chi connectivity index (χ1v) is 13.4. The van der Waals surface area contributed by atoms with Gasteiger partial charge in [0.1, 0.15) is 6.04 Å². The Morgan fingerprint density at radius 1 is 1.16 bits per heavy atom. The van der Waals surface area contributed by atoms with Crippen molar-refractivity contribution in [2.45, 2.75) is 56.7 Å². The van der Waals surface area contributed by atoms with E-state index in [2.05, 4.69) is 20.8 Å². The zero-order chi connectivity index (χ0) is 27.3. The molecule has 1 saturated heterocycles. The summed E-state index contributed by atoms with van der Waals surface area (Å²) in [5.41, 5.74) is 3.19. The number of H-pyrrole nitrogens is 1. The van der Waals surface area contributed by atoms with E-state index in [1.165, 1.54) is 29.1 Å². The van der Waals surface area contributed by atoms with Crippen LogP contribution in [0.5, 0.6) is 0 Å². The van der Waals surface area contributed by atoms with Gasteiger partial charge in [-0.25, -0.2) is 0 Å². The van der Waals surface area contributed by atoms with Gasteiger partial charge in [0.2, 0.25) is 5.91 Å². The topological polar surface area (TPSA) is 127 Å². The molecule has 9 nitrogen and oxygen atoms in total. The van der Waals surface area contributed by atoms with Crippen LogP contribution in [0.15, 0.2) is 67.0 Å². The summed E-state index contributed by atoms with van der Waals surface area (Å²) < 4.78 is -0.569. The Morgan fingerprint density at radius 2 is 1.87 bits per heavy atom. The van der Waals surface area contributed by atoms with Crippen molar-refractivity contribution < 1.29 is 19.5 Å². The number of hydrogen-bond donors (Lipinski definition) is 4. The number of nitrogens with zero attached hydrogens (tertiary/aromatic N) is 2. The van der Waals surface area contributed by atoms with Crippen molar-refractivity contribution in [3.05, 3.63) is 89.2 Å². The van der Waals surface area contributed by atoms with Crippen LogP contribution in [-0.4, -0.2) is 66.7 Å². The van der Waals surface area contributed by atoms with Crippen molar-refractivity contribution in [3.8, 4) is 0 Å². The largest absolute Gasteiger partial charge is 0.381 e. The second-order valence-corrected chi connectivity index (χ2v) is 11.5. The molecule has 1 aliphatic rings. The molecule has 0 bridgehead atoms. The van der Waals surface area contributed by atoms with E-state index >= 15 is 0 Å². The Balaban J connectivity index is 1.52. The summed E-state index contributed by atoms with van der Waals surface area (Å²) in [4.78, 5) is 41.3. The van der Waals surface area contributed by atoms with Gasteiger partial charge in [0.25, 0.3) is 11.8 Å². The van der Waals surface area contributed by atoms with E-state index in [9.17, 15) is 19.5 Å². The van der Waals surface area contributed by atoms with Crippen molar-refractivity contribution in [2.24, 2.45) is 0 Å². The van der Waals surface area contributed by atoms with Crippen LogP contribution in [0.3, 0.4) is 0 Å². The number of carbonyl (C=O) groups excluding carboxylic acids is 3. The minimum Gasteiger partial charge on any atom is -0.381 e. The van der Waals surface area contributed by atoms with Crippen LogP contribution in [-0.2, 0) is 22.6 Å². The van der Waals surface area contributed by atoms with Gasteiger partial charge in [-0.2, -0.15) is 5.10 Å². The van der Waals surface area contributed by atoms with Crippen molar-refractivity contribution in [2.75, 3.05) is 5.88 Å². The fourth-order valence-corrected chi connectivity index (χ4v) is 5.72. The molecule has 1 fully saturated rings. The lowest BCUT2D eigenvalue weighted by molar-refractivity contribution is -0.147. The van der Waals surface area contributed by atoms with Gasteiger partial charge in [0.15, 0.2) is 6.10 Å². The maximum atomic E-state index is 13.7. The minimum absolute atomic E-state index is 0.228. The number of aliphatic hydroxyl groups is 1. The summed E-state index contributed by atoms with van der Waals surface area (Å²) >= 11 is 1.48. The number of thioether (sulfide) groups is 1. The zero-order valence-corrected chi connectivity index (χ0v) is 22.5. The van der Waals surface area contributed by atoms with Crippen LogP contribution in [0.2, 0.25) is 0 Å². The second-order valence-electron chi connectivity index (χ2n) is 9.93. The molecule has 3 aromatic rings. The van der Waals surface area contributed by atoms with Crippen molar-refractivity contribution in [1.82, 2.24) is 25.7 Å². The maximum Gasteiger partial charge on any atom is 0.254 e. The van der Waals surface area contributed by atoms with Crippen molar-refractivity contribution in [1.29, 1.82) is 0 Å². The van der Waals surface area contributed by atoms with E-state index in [0.717, 1.165) is 16.7 Å². The number of nitrogens with one attached hydrogen (secondary N) is 3. The van der Waals surface area contributed by atoms with Crippen LogP contribution in [0.1, 0.15) is 40.9 Å². The van der Waals surface area contributed by atoms with Gasteiger partial charge >= 0.3 is 0 Å². The SMILES string of the molecule is Cc1ccccc1CNC(=O)C1N(C(=O)C(O)C(Cc2ccccc2)NC(=O)c2cn[nH]c2)CSC1(C)C. The monoisotopic (exact) mass is 535 g/mol. The number of aliphatic hydroxyl groups excluding tert-OH is 1. The molecule has 38 heavy (non-hydrogen) atoms. The van der Waals surface area contributed by atoms with Gasteiger partial charge in [-0.3, -0.25) is 19.5 Å². The lowest BCUT2D eigenvalue weighted by Crippen LogP contribution is -2.58. The van der Waals surface area contributed by atoms with E-state index in [1.807, 2.05) is 75.4 Å². The van der Waals surface area contributed by atoms with E-state index in [-0.39, 0.29) is 23.8 Å². The fourth-order valence-electron chi connectivity index (χ4n) is 4.58. The number of rotatable bonds is 9. The number of carbonyl (C=O) groups is 3. The summed E-state index contributed by atoms with van der Waals surface area (Å²) in [5, 5.41) is 23.4. The normalized spacial score (nSPS) is 18.0. The molecule has 10 heteroatoms. The first kappa shape index (κ1) is 27.4. The number of amides is 3. The Labute approximate surface area is 226 Å². The molecule has 4 rings (SSSR count). The molecule has 200 valence electrons. The number of aryl methyl sites for hydroxylation is 1. The molecule has 2 aromatic carbocycles. The predicted octanol–water partition coefficient (Wildman–Crippen LogP) is 2.42. The van der Waals surface area contributed by atoms with Crippen molar-refractivity contribution in [3.63, 3.8) is 0 Å². The highest BCUT2D eigenvalue weighted by Crippen LogP contribution is 2.40. The highest BCUT2D eigenvalue weighted by Gasteiger charge is 2.49. The molecule has 0 saturated carbocycles. The Hall–Kier alpha value is -3.63. The zero-order valence-electron chi connectivity index (χ0n) is 21.7. The molecule has 2 heterocycles. The van der Waals surface area contributed by atoms with Gasteiger partial charge in [-0.05, 0) is 43.9 Å². The Morgan fingerprint density at radius 3 is 2.55 bits per heavy atom. The highest BCUT2D eigenvalue weighted by molar-refractivity contribution is 8.00. The molecule has 1 aromatic heterocycles.